The number of hydrogen-bond acceptors (Lipinski definition) is 3. The van der Waals surface area contributed by atoms with Gasteiger partial charge in [-0.05, 0) is 44.9 Å². The molecule has 1 saturated heterocycles. The summed E-state index contributed by atoms with van der Waals surface area (Å²) in [6.07, 6.45) is 1.45. The SMILES string of the molecule is CC(CC1CCCCN1)Nc1ccc(C(F)(F)F)nc1. The second kappa shape index (κ2) is 6.43. The van der Waals surface area contributed by atoms with Crippen LogP contribution in [0.5, 0.6) is 0 Å². The number of piperidine rings is 1. The van der Waals surface area contributed by atoms with E-state index < -0.39 is 11.9 Å². The molecule has 0 saturated carbocycles. The van der Waals surface area contributed by atoms with Gasteiger partial charge in [-0.2, -0.15) is 13.2 Å². The largest absolute Gasteiger partial charge is 0.433 e. The van der Waals surface area contributed by atoms with Gasteiger partial charge in [-0.15, -0.1) is 0 Å². The molecule has 6 heteroatoms. The number of alkyl halides is 3. The Labute approximate surface area is 117 Å². The van der Waals surface area contributed by atoms with Gasteiger partial charge >= 0.3 is 6.18 Å². The maximum Gasteiger partial charge on any atom is 0.433 e. The minimum absolute atomic E-state index is 0.198. The molecular weight excluding hydrogens is 267 g/mol. The average Bonchev–Trinajstić information content (AvgIpc) is 2.39. The van der Waals surface area contributed by atoms with Gasteiger partial charge in [0, 0.05) is 12.1 Å². The van der Waals surface area contributed by atoms with E-state index in [1.54, 1.807) is 0 Å². The maximum atomic E-state index is 12.4. The molecule has 0 bridgehead atoms. The second-order valence-corrected chi connectivity index (χ2v) is 5.36. The zero-order chi connectivity index (χ0) is 14.6. The van der Waals surface area contributed by atoms with Gasteiger partial charge in [0.2, 0.25) is 0 Å². The number of anilines is 1. The summed E-state index contributed by atoms with van der Waals surface area (Å²) in [5, 5.41) is 6.66. The Bertz CT molecular complexity index is 411. The lowest BCUT2D eigenvalue weighted by Gasteiger charge is -2.27. The van der Waals surface area contributed by atoms with E-state index in [1.165, 1.54) is 25.1 Å². The van der Waals surface area contributed by atoms with E-state index in [2.05, 4.69) is 15.6 Å². The van der Waals surface area contributed by atoms with Crippen LogP contribution in [0.4, 0.5) is 18.9 Å². The van der Waals surface area contributed by atoms with Crippen molar-refractivity contribution >= 4 is 5.69 Å². The van der Waals surface area contributed by atoms with Gasteiger partial charge in [-0.25, -0.2) is 4.98 Å². The number of nitrogens with one attached hydrogen (secondary N) is 2. The molecule has 0 aromatic carbocycles. The summed E-state index contributed by atoms with van der Waals surface area (Å²) in [6.45, 7) is 3.09. The van der Waals surface area contributed by atoms with Crippen LogP contribution in [-0.2, 0) is 6.18 Å². The molecule has 1 fully saturated rings. The zero-order valence-electron chi connectivity index (χ0n) is 11.5. The van der Waals surface area contributed by atoms with Crippen molar-refractivity contribution in [1.29, 1.82) is 0 Å². The van der Waals surface area contributed by atoms with E-state index in [1.807, 2.05) is 6.92 Å². The van der Waals surface area contributed by atoms with Crippen LogP contribution in [0, 0.1) is 0 Å². The van der Waals surface area contributed by atoms with E-state index in [0.717, 1.165) is 25.5 Å². The molecule has 112 valence electrons. The third kappa shape index (κ3) is 4.37. The summed E-state index contributed by atoms with van der Waals surface area (Å²) in [6, 6.07) is 3.13. The lowest BCUT2D eigenvalue weighted by molar-refractivity contribution is -0.141. The quantitative estimate of drug-likeness (QED) is 0.891. The molecule has 0 aliphatic carbocycles. The van der Waals surface area contributed by atoms with E-state index in [9.17, 15) is 13.2 Å². The van der Waals surface area contributed by atoms with Crippen molar-refractivity contribution in [3.8, 4) is 0 Å². The van der Waals surface area contributed by atoms with Crippen molar-refractivity contribution in [2.24, 2.45) is 0 Å². The van der Waals surface area contributed by atoms with Gasteiger partial charge in [-0.1, -0.05) is 6.42 Å². The van der Waals surface area contributed by atoms with Crippen LogP contribution in [-0.4, -0.2) is 23.6 Å². The molecule has 0 amide bonds. The average molecular weight is 287 g/mol. The Balaban J connectivity index is 1.86. The summed E-state index contributed by atoms with van der Waals surface area (Å²) in [7, 11) is 0. The van der Waals surface area contributed by atoms with Crippen molar-refractivity contribution in [3.63, 3.8) is 0 Å². The summed E-state index contributed by atoms with van der Waals surface area (Å²) >= 11 is 0. The van der Waals surface area contributed by atoms with Crippen LogP contribution in [0.3, 0.4) is 0 Å². The minimum atomic E-state index is -4.38. The van der Waals surface area contributed by atoms with E-state index in [-0.39, 0.29) is 6.04 Å². The van der Waals surface area contributed by atoms with Gasteiger partial charge in [-0.3, -0.25) is 0 Å². The van der Waals surface area contributed by atoms with Crippen molar-refractivity contribution in [1.82, 2.24) is 10.3 Å². The zero-order valence-corrected chi connectivity index (χ0v) is 11.5. The molecule has 2 rings (SSSR count). The standard InChI is InChI=1S/C14H20F3N3/c1-10(8-11-4-2-3-7-18-11)20-12-5-6-13(19-9-12)14(15,16)17/h5-6,9-11,18,20H,2-4,7-8H2,1H3. The Kier molecular flexibility index (Phi) is 4.86. The monoisotopic (exact) mass is 287 g/mol. The lowest BCUT2D eigenvalue weighted by atomic mass is 9.99. The Morgan fingerprint density at radius 3 is 2.75 bits per heavy atom. The predicted molar refractivity (Wildman–Crippen MR) is 72.6 cm³/mol. The van der Waals surface area contributed by atoms with Crippen molar-refractivity contribution in [2.75, 3.05) is 11.9 Å². The summed E-state index contributed by atoms with van der Waals surface area (Å²) in [4.78, 5) is 3.45. The van der Waals surface area contributed by atoms with Crippen LogP contribution in [0.15, 0.2) is 18.3 Å². The molecular formula is C14H20F3N3. The fourth-order valence-electron chi connectivity index (χ4n) is 2.54. The number of rotatable bonds is 4. The molecule has 1 aromatic heterocycles. The normalized spacial score (nSPS) is 21.5. The smallest absolute Gasteiger partial charge is 0.381 e. The first-order valence-electron chi connectivity index (χ1n) is 6.98. The van der Waals surface area contributed by atoms with E-state index in [0.29, 0.717) is 11.7 Å². The number of halogens is 3. The van der Waals surface area contributed by atoms with Crippen molar-refractivity contribution in [2.45, 2.75) is 50.9 Å². The molecule has 2 unspecified atom stereocenters. The molecule has 1 aromatic rings. The molecule has 2 N–H and O–H groups in total. The number of pyridine rings is 1. The third-order valence-electron chi connectivity index (χ3n) is 3.52. The molecule has 20 heavy (non-hydrogen) atoms. The fourth-order valence-corrected chi connectivity index (χ4v) is 2.54. The van der Waals surface area contributed by atoms with Crippen LogP contribution >= 0.6 is 0 Å². The van der Waals surface area contributed by atoms with Crippen LogP contribution in [0.2, 0.25) is 0 Å². The van der Waals surface area contributed by atoms with Gasteiger partial charge in [0.05, 0.1) is 11.9 Å². The highest BCUT2D eigenvalue weighted by Gasteiger charge is 2.32. The van der Waals surface area contributed by atoms with Gasteiger partial charge in [0.1, 0.15) is 5.69 Å². The molecule has 3 nitrogen and oxygen atoms in total. The first-order valence-corrected chi connectivity index (χ1v) is 6.98. The van der Waals surface area contributed by atoms with Crippen LogP contribution in [0.25, 0.3) is 0 Å². The van der Waals surface area contributed by atoms with Gasteiger partial charge in [0.25, 0.3) is 0 Å². The van der Waals surface area contributed by atoms with Gasteiger partial charge in [0.15, 0.2) is 0 Å². The van der Waals surface area contributed by atoms with Crippen LogP contribution in [0.1, 0.15) is 38.3 Å². The predicted octanol–water partition coefficient (Wildman–Crippen LogP) is 3.43. The van der Waals surface area contributed by atoms with Crippen LogP contribution < -0.4 is 10.6 Å². The first-order chi connectivity index (χ1) is 9.45. The Morgan fingerprint density at radius 1 is 1.40 bits per heavy atom. The van der Waals surface area contributed by atoms with Crippen molar-refractivity contribution in [3.05, 3.63) is 24.0 Å². The summed E-state index contributed by atoms with van der Waals surface area (Å²) in [5.74, 6) is 0. The minimum Gasteiger partial charge on any atom is -0.381 e. The topological polar surface area (TPSA) is 37.0 Å². The Hall–Kier alpha value is -1.30. The highest BCUT2D eigenvalue weighted by molar-refractivity contribution is 5.42. The van der Waals surface area contributed by atoms with E-state index >= 15 is 0 Å². The highest BCUT2D eigenvalue weighted by atomic mass is 19.4. The van der Waals surface area contributed by atoms with Crippen molar-refractivity contribution < 1.29 is 13.2 Å². The molecule has 0 spiro atoms. The molecule has 1 aliphatic rings. The van der Waals surface area contributed by atoms with E-state index in [4.69, 9.17) is 0 Å². The second-order valence-electron chi connectivity index (χ2n) is 5.36. The highest BCUT2D eigenvalue weighted by Crippen LogP contribution is 2.28. The number of nitrogens with zero attached hydrogens (tertiary/aromatic N) is 1. The summed E-state index contributed by atoms with van der Waals surface area (Å²) < 4.78 is 37.2. The third-order valence-corrected chi connectivity index (χ3v) is 3.52. The molecule has 1 aliphatic heterocycles. The molecule has 2 heterocycles. The first kappa shape index (κ1) is 15.1. The molecule has 0 radical (unpaired) electrons. The Morgan fingerprint density at radius 2 is 2.20 bits per heavy atom. The fraction of sp³-hybridized carbons (Fsp3) is 0.643. The number of aromatic nitrogens is 1. The number of hydrogen-bond donors (Lipinski definition) is 2. The maximum absolute atomic E-state index is 12.4. The molecule has 2 atom stereocenters. The van der Waals surface area contributed by atoms with Gasteiger partial charge < -0.3 is 10.6 Å². The summed E-state index contributed by atoms with van der Waals surface area (Å²) in [5.41, 5.74) is -0.231. The lowest BCUT2D eigenvalue weighted by Crippen LogP contribution is -2.37.